The summed E-state index contributed by atoms with van der Waals surface area (Å²) in [4.78, 5) is 0. The average molecular weight is 246 g/mol. The molecule has 0 aromatic rings. The zero-order chi connectivity index (χ0) is 12.0. The van der Waals surface area contributed by atoms with E-state index in [0.717, 1.165) is 19.6 Å². The molecule has 5 heteroatoms. The third kappa shape index (κ3) is 4.63. The first-order valence-corrected chi connectivity index (χ1v) is 6.18. The van der Waals surface area contributed by atoms with E-state index in [9.17, 15) is 0 Å². The lowest BCUT2D eigenvalue weighted by Gasteiger charge is -2.23. The molecule has 0 spiro atoms. The van der Waals surface area contributed by atoms with E-state index >= 15 is 0 Å². The van der Waals surface area contributed by atoms with Gasteiger partial charge in [0.25, 0.3) is 0 Å². The summed E-state index contributed by atoms with van der Waals surface area (Å²) in [5.74, 6) is 0.567. The standard InChI is InChI=1S/C11H22N2O2S/c1-8(6-14-3)12-11(16)13-9(2)10-4-5-15-7-10/h8-10H,4-7H2,1-3H3,(H2,12,13,16). The van der Waals surface area contributed by atoms with Gasteiger partial charge in [0, 0.05) is 31.7 Å². The summed E-state index contributed by atoms with van der Waals surface area (Å²) in [6.45, 7) is 6.55. The van der Waals surface area contributed by atoms with Crippen molar-refractivity contribution in [3.63, 3.8) is 0 Å². The van der Waals surface area contributed by atoms with Crippen LogP contribution in [0, 0.1) is 5.92 Å². The molecule has 0 aliphatic carbocycles. The van der Waals surface area contributed by atoms with E-state index in [-0.39, 0.29) is 6.04 Å². The van der Waals surface area contributed by atoms with Gasteiger partial charge in [-0.2, -0.15) is 0 Å². The fourth-order valence-electron chi connectivity index (χ4n) is 1.83. The molecule has 0 aromatic heterocycles. The van der Waals surface area contributed by atoms with Gasteiger partial charge >= 0.3 is 0 Å². The molecule has 2 N–H and O–H groups in total. The van der Waals surface area contributed by atoms with Gasteiger partial charge in [0.05, 0.1) is 13.2 Å². The Kier molecular flexibility index (Phi) is 6.01. The SMILES string of the molecule is COCC(C)NC(=S)NC(C)C1CCOC1. The summed E-state index contributed by atoms with van der Waals surface area (Å²) >= 11 is 5.24. The van der Waals surface area contributed by atoms with E-state index in [1.807, 2.05) is 6.92 Å². The number of hydrogen-bond donors (Lipinski definition) is 2. The van der Waals surface area contributed by atoms with E-state index in [1.165, 1.54) is 0 Å². The maximum atomic E-state index is 5.36. The van der Waals surface area contributed by atoms with E-state index in [1.54, 1.807) is 7.11 Å². The van der Waals surface area contributed by atoms with Gasteiger partial charge in [0.15, 0.2) is 5.11 Å². The van der Waals surface area contributed by atoms with Crippen molar-refractivity contribution >= 4 is 17.3 Å². The first-order chi connectivity index (χ1) is 7.63. The van der Waals surface area contributed by atoms with E-state index in [2.05, 4.69) is 17.6 Å². The molecule has 0 radical (unpaired) electrons. The zero-order valence-corrected chi connectivity index (χ0v) is 11.1. The summed E-state index contributed by atoms with van der Waals surface area (Å²) in [5, 5.41) is 7.18. The van der Waals surface area contributed by atoms with Gasteiger partial charge in [-0.05, 0) is 32.5 Å². The molecule has 16 heavy (non-hydrogen) atoms. The van der Waals surface area contributed by atoms with Crippen LogP contribution in [0.1, 0.15) is 20.3 Å². The molecule has 0 aromatic carbocycles. The third-order valence-corrected chi connectivity index (χ3v) is 3.06. The molecule has 0 saturated carbocycles. The Hall–Kier alpha value is -0.390. The summed E-state index contributed by atoms with van der Waals surface area (Å²) in [7, 11) is 1.69. The zero-order valence-electron chi connectivity index (χ0n) is 10.3. The number of hydrogen-bond acceptors (Lipinski definition) is 3. The first kappa shape index (κ1) is 13.7. The molecule has 1 heterocycles. The highest BCUT2D eigenvalue weighted by Crippen LogP contribution is 2.16. The second kappa shape index (κ2) is 7.04. The number of methoxy groups -OCH3 is 1. The highest BCUT2D eigenvalue weighted by Gasteiger charge is 2.22. The maximum Gasteiger partial charge on any atom is 0.166 e. The van der Waals surface area contributed by atoms with Crippen LogP contribution in [0.25, 0.3) is 0 Å². The minimum Gasteiger partial charge on any atom is -0.383 e. The second-order valence-corrected chi connectivity index (χ2v) is 4.79. The van der Waals surface area contributed by atoms with E-state index in [4.69, 9.17) is 21.7 Å². The molecule has 0 bridgehead atoms. The lowest BCUT2D eigenvalue weighted by Crippen LogP contribution is -2.47. The van der Waals surface area contributed by atoms with Crippen LogP contribution in [-0.2, 0) is 9.47 Å². The quantitative estimate of drug-likeness (QED) is 0.706. The molecule has 4 nitrogen and oxygen atoms in total. The van der Waals surface area contributed by atoms with Gasteiger partial charge in [-0.1, -0.05) is 0 Å². The molecule has 1 aliphatic rings. The minimum absolute atomic E-state index is 0.233. The van der Waals surface area contributed by atoms with Gasteiger partial charge in [-0.3, -0.25) is 0 Å². The average Bonchev–Trinajstić information content (AvgIpc) is 2.69. The van der Waals surface area contributed by atoms with Gasteiger partial charge in [0.2, 0.25) is 0 Å². The predicted octanol–water partition coefficient (Wildman–Crippen LogP) is 0.910. The van der Waals surface area contributed by atoms with Crippen molar-refractivity contribution in [1.29, 1.82) is 0 Å². The largest absolute Gasteiger partial charge is 0.383 e. The van der Waals surface area contributed by atoms with Crippen LogP contribution >= 0.6 is 12.2 Å². The molecule has 3 unspecified atom stereocenters. The Labute approximate surface area is 103 Å². The van der Waals surface area contributed by atoms with Crippen molar-refractivity contribution in [3.8, 4) is 0 Å². The lowest BCUT2D eigenvalue weighted by molar-refractivity contribution is 0.177. The van der Waals surface area contributed by atoms with Crippen molar-refractivity contribution in [3.05, 3.63) is 0 Å². The Balaban J connectivity index is 2.22. The first-order valence-electron chi connectivity index (χ1n) is 5.77. The molecule has 0 amide bonds. The van der Waals surface area contributed by atoms with Gasteiger partial charge in [0.1, 0.15) is 0 Å². The third-order valence-electron chi connectivity index (χ3n) is 2.82. The summed E-state index contributed by atoms with van der Waals surface area (Å²) in [6, 6.07) is 0.592. The normalized spacial score (nSPS) is 23.8. The number of nitrogens with one attached hydrogen (secondary N) is 2. The van der Waals surface area contributed by atoms with Crippen LogP contribution in [-0.4, -0.2) is 44.1 Å². The van der Waals surface area contributed by atoms with Crippen molar-refractivity contribution in [2.24, 2.45) is 5.92 Å². The molecule has 94 valence electrons. The Morgan fingerprint density at radius 3 is 2.81 bits per heavy atom. The van der Waals surface area contributed by atoms with Crippen molar-refractivity contribution in [1.82, 2.24) is 10.6 Å². The Bertz CT molecular complexity index is 220. The van der Waals surface area contributed by atoms with Crippen molar-refractivity contribution in [2.75, 3.05) is 26.9 Å². The van der Waals surface area contributed by atoms with Crippen LogP contribution in [0.15, 0.2) is 0 Å². The van der Waals surface area contributed by atoms with Crippen LogP contribution in [0.4, 0.5) is 0 Å². The molecule has 1 rings (SSSR count). The fourth-order valence-corrected chi connectivity index (χ4v) is 2.22. The Morgan fingerprint density at radius 1 is 1.50 bits per heavy atom. The molecule has 1 aliphatic heterocycles. The summed E-state index contributed by atoms with van der Waals surface area (Å²) in [6.07, 6.45) is 1.12. The van der Waals surface area contributed by atoms with Crippen LogP contribution < -0.4 is 10.6 Å². The van der Waals surface area contributed by atoms with Crippen molar-refractivity contribution < 1.29 is 9.47 Å². The van der Waals surface area contributed by atoms with Crippen molar-refractivity contribution in [2.45, 2.75) is 32.4 Å². The molecular weight excluding hydrogens is 224 g/mol. The summed E-state index contributed by atoms with van der Waals surface area (Å²) in [5.41, 5.74) is 0. The highest BCUT2D eigenvalue weighted by atomic mass is 32.1. The fraction of sp³-hybridized carbons (Fsp3) is 0.909. The van der Waals surface area contributed by atoms with Crippen LogP contribution in [0.3, 0.4) is 0 Å². The van der Waals surface area contributed by atoms with E-state index in [0.29, 0.717) is 23.7 Å². The summed E-state index contributed by atoms with van der Waals surface area (Å²) < 4.78 is 10.4. The molecule has 3 atom stereocenters. The van der Waals surface area contributed by atoms with Crippen LogP contribution in [0.5, 0.6) is 0 Å². The van der Waals surface area contributed by atoms with E-state index < -0.39 is 0 Å². The highest BCUT2D eigenvalue weighted by molar-refractivity contribution is 7.80. The smallest absolute Gasteiger partial charge is 0.166 e. The van der Waals surface area contributed by atoms with Gasteiger partial charge in [-0.25, -0.2) is 0 Å². The maximum absolute atomic E-state index is 5.36. The molecular formula is C11H22N2O2S. The topological polar surface area (TPSA) is 42.5 Å². The van der Waals surface area contributed by atoms with Gasteiger partial charge < -0.3 is 20.1 Å². The monoisotopic (exact) mass is 246 g/mol. The number of rotatable bonds is 5. The predicted molar refractivity (Wildman–Crippen MR) is 68.6 cm³/mol. The number of ether oxygens (including phenoxy) is 2. The van der Waals surface area contributed by atoms with Gasteiger partial charge in [-0.15, -0.1) is 0 Å². The Morgan fingerprint density at radius 2 is 2.25 bits per heavy atom. The second-order valence-electron chi connectivity index (χ2n) is 4.39. The van der Waals surface area contributed by atoms with Crippen LogP contribution in [0.2, 0.25) is 0 Å². The number of thiocarbonyl (C=S) groups is 1. The molecule has 1 saturated heterocycles. The lowest BCUT2D eigenvalue weighted by atomic mass is 10.0. The molecule has 1 fully saturated rings. The minimum atomic E-state index is 0.233.